The molecule has 10 N–H and O–H groups in total. The summed E-state index contributed by atoms with van der Waals surface area (Å²) in [4.78, 5) is 138. The van der Waals surface area contributed by atoms with E-state index in [4.69, 9.17) is 16.2 Å². The normalized spacial score (nSPS) is 14.1. The number of primary amides is 1. The number of aromatic nitrogens is 1. The number of unbranched alkanes of at least 4 members (excludes halogenated alkanes) is 2. The molecule has 0 radical (unpaired) electrons. The minimum absolute atomic E-state index is 0.0103. The maximum Gasteiger partial charge on any atom is 0.407 e. The number of amidine groups is 1. The lowest BCUT2D eigenvalue weighted by Gasteiger charge is -2.28. The van der Waals surface area contributed by atoms with E-state index >= 15 is 0 Å². The van der Waals surface area contributed by atoms with Crippen molar-refractivity contribution >= 4 is 88.2 Å². The van der Waals surface area contributed by atoms with Gasteiger partial charge in [0.25, 0.3) is 23.6 Å². The SMILES string of the molecule is CC(=O)NCC(F)(F)CNC(=O)OCc1ccc(NC(=O)[C@H](CCCNC(N)=O)CC(=O)[C@@H](NC(=O)CCCCCN2C(=O)C=CC2=O)C(C)C)cc1.CCCN(CCC)C(=O)C1=Cc2ccc(C(=O)Nc3cnc4c(c3)CN(Cc3ccc(C)cc3)CC4)cc2N=C(N)C1. The summed E-state index contributed by atoms with van der Waals surface area (Å²) in [6, 6.07) is 20.5. The van der Waals surface area contributed by atoms with Crippen LogP contribution in [0.1, 0.15) is 143 Å². The Morgan fingerprint density at radius 3 is 2.16 bits per heavy atom. The Morgan fingerprint density at radius 1 is 0.811 bits per heavy atom. The number of nitrogens with two attached hydrogens (primary N) is 2. The molecule has 4 aromatic rings. The smallest absolute Gasteiger partial charge is 0.407 e. The first-order valence-electron chi connectivity index (χ1n) is 32.2. The van der Waals surface area contributed by atoms with Gasteiger partial charge >= 0.3 is 12.1 Å². The first kappa shape index (κ1) is 74.3. The first-order chi connectivity index (χ1) is 45.3. The molecule has 510 valence electrons. The van der Waals surface area contributed by atoms with Gasteiger partial charge in [-0.2, -0.15) is 0 Å². The molecule has 2 atom stereocenters. The second-order valence-corrected chi connectivity index (χ2v) is 24.2. The summed E-state index contributed by atoms with van der Waals surface area (Å²) in [6.45, 7) is 13.1. The van der Waals surface area contributed by atoms with Gasteiger partial charge in [0.2, 0.25) is 23.6 Å². The zero-order valence-electron chi connectivity index (χ0n) is 55.0. The van der Waals surface area contributed by atoms with Crippen LogP contribution in [0.25, 0.3) is 6.08 Å². The summed E-state index contributed by atoms with van der Waals surface area (Å²) in [5.74, 6) is -6.96. The fraction of sp³-hybridized carbons (Fsp3) is 0.449. The van der Waals surface area contributed by atoms with Crippen molar-refractivity contribution in [2.75, 3.05) is 56.4 Å². The molecule has 3 aromatic carbocycles. The molecule has 26 heteroatoms. The second-order valence-electron chi connectivity index (χ2n) is 24.2. The standard InChI is InChI=1S/C35H49F2N7O9.C34H40N6O2/c1-22(2)31(43-28(47)9-5-4-6-17-44-29(48)14-15-30(44)49)27(46)18-25(8-7-16-39-33(38)51)32(50)42-26-12-10-24(11-13-26)19-53-34(52)41-21-35(36,37)20-40-23(3)45;1-4-13-40(14-5-2)34(42)27-16-25-10-11-26(18-31(25)38-32(35)19-27)33(41)37-29-17-28-22-39(15-12-30(28)36-20-29)21-24-8-6-23(3)7-9-24/h10-15,22,25,31H,4-9,16-21H2,1-3H3,(H,40,45)(H,41,52)(H,42,50)(H,43,47)(H3,38,39,51);6-11,16-18,20H,4-5,12-15,19,21-22H2,1-3H3,(H2,35,38)(H,37,41)/t25-,31+;/m1./s1. The van der Waals surface area contributed by atoms with Crippen LogP contribution in [-0.4, -0.2) is 143 Å². The molecule has 3 aliphatic rings. The Hall–Kier alpha value is -9.72. The molecule has 0 saturated heterocycles. The van der Waals surface area contributed by atoms with E-state index in [1.165, 1.54) is 47.5 Å². The van der Waals surface area contributed by atoms with E-state index < -0.39 is 54.9 Å². The molecule has 4 heterocycles. The molecule has 0 unspecified atom stereocenters. The Morgan fingerprint density at radius 2 is 1.49 bits per heavy atom. The Kier molecular flexibility index (Phi) is 28.7. The number of anilines is 2. The summed E-state index contributed by atoms with van der Waals surface area (Å²) in [5, 5.41) is 14.9. The maximum atomic E-state index is 13.8. The van der Waals surface area contributed by atoms with E-state index in [-0.39, 0.29) is 86.6 Å². The zero-order valence-corrected chi connectivity index (χ0v) is 55.0. The fourth-order valence-electron chi connectivity index (χ4n) is 10.7. The number of aryl methyl sites for hydroxylation is 1. The number of hydrogen-bond acceptors (Lipinski definition) is 15. The van der Waals surface area contributed by atoms with Crippen molar-refractivity contribution in [3.63, 3.8) is 0 Å². The van der Waals surface area contributed by atoms with Gasteiger partial charge in [0.15, 0.2) is 5.78 Å². The third kappa shape index (κ3) is 24.6. The van der Waals surface area contributed by atoms with E-state index in [0.717, 1.165) is 67.5 Å². The number of carbonyl (C=O) groups is 10. The largest absolute Gasteiger partial charge is 0.445 e. The van der Waals surface area contributed by atoms with Gasteiger partial charge in [-0.25, -0.2) is 23.4 Å². The monoisotopic (exact) mass is 1310 g/mol. The number of alkyl halides is 2. The average Bonchev–Trinajstić information content (AvgIpc) is 1.79. The molecule has 1 aromatic heterocycles. The van der Waals surface area contributed by atoms with Crippen LogP contribution < -0.4 is 43.4 Å². The van der Waals surface area contributed by atoms with Crippen molar-refractivity contribution in [1.29, 1.82) is 0 Å². The van der Waals surface area contributed by atoms with Gasteiger partial charge in [-0.1, -0.05) is 82.1 Å². The molecule has 10 amide bonds. The molecule has 0 spiro atoms. The topological polar surface area (TPSA) is 339 Å². The predicted molar refractivity (Wildman–Crippen MR) is 357 cm³/mol. The highest BCUT2D eigenvalue weighted by atomic mass is 19.3. The van der Waals surface area contributed by atoms with Crippen molar-refractivity contribution in [2.45, 2.75) is 144 Å². The van der Waals surface area contributed by atoms with Gasteiger partial charge < -0.3 is 53.0 Å². The number of amides is 10. The number of ether oxygens (including phenoxy) is 1. The number of imide groups is 1. The van der Waals surface area contributed by atoms with E-state index in [0.29, 0.717) is 78.4 Å². The molecule has 3 aliphatic heterocycles. The molecular formula is C69H89F2N13O11. The third-order valence-electron chi connectivity index (χ3n) is 15.8. The van der Waals surface area contributed by atoms with E-state index in [1.807, 2.05) is 33.7 Å². The van der Waals surface area contributed by atoms with E-state index in [1.54, 1.807) is 32.2 Å². The molecule has 24 nitrogen and oxygen atoms in total. The average molecular weight is 1310 g/mol. The van der Waals surface area contributed by atoms with Crippen LogP contribution in [-0.2, 0) is 64.4 Å². The molecule has 0 saturated carbocycles. The van der Waals surface area contributed by atoms with Crippen molar-refractivity contribution in [2.24, 2.45) is 28.3 Å². The predicted octanol–water partition coefficient (Wildman–Crippen LogP) is 7.90. The van der Waals surface area contributed by atoms with Crippen molar-refractivity contribution < 1.29 is 61.5 Å². The number of hydrogen-bond donors (Lipinski definition) is 8. The Labute approximate surface area is 552 Å². The highest BCUT2D eigenvalue weighted by Crippen LogP contribution is 2.30. The molecule has 95 heavy (non-hydrogen) atoms. The highest BCUT2D eigenvalue weighted by molar-refractivity contribution is 6.13. The van der Waals surface area contributed by atoms with Gasteiger partial charge in [0, 0.05) is 125 Å². The van der Waals surface area contributed by atoms with Gasteiger partial charge in [0.05, 0.1) is 36.7 Å². The lowest BCUT2D eigenvalue weighted by Crippen LogP contribution is -2.45. The number of halogens is 2. The Balaban J connectivity index is 0.000000308. The zero-order chi connectivity index (χ0) is 69.2. The molecule has 0 fully saturated rings. The number of aliphatic imine (C=N–C) groups is 1. The van der Waals surface area contributed by atoms with Crippen LogP contribution in [0.4, 0.5) is 35.4 Å². The molecule has 0 bridgehead atoms. The van der Waals surface area contributed by atoms with Crippen molar-refractivity contribution in [3.05, 3.63) is 136 Å². The number of Topliss-reactive ketones (excluding diaryl/α,β-unsaturated/α-hetero) is 1. The number of urea groups is 1. The van der Waals surface area contributed by atoms with E-state index in [2.05, 4.69) is 81.2 Å². The minimum Gasteiger partial charge on any atom is -0.445 e. The van der Waals surface area contributed by atoms with Gasteiger partial charge in [0.1, 0.15) is 12.4 Å². The number of rotatable bonds is 32. The first-order valence-corrected chi connectivity index (χ1v) is 32.2. The van der Waals surface area contributed by atoms with Crippen LogP contribution in [0.5, 0.6) is 0 Å². The number of carbonyl (C=O) groups excluding carboxylic acids is 10. The van der Waals surface area contributed by atoms with Crippen LogP contribution in [0.3, 0.4) is 0 Å². The molecule has 7 rings (SSSR count). The highest BCUT2D eigenvalue weighted by Gasteiger charge is 2.32. The summed E-state index contributed by atoms with van der Waals surface area (Å²) in [5.41, 5.74) is 20.1. The quantitative estimate of drug-likeness (QED) is 0.0170. The van der Waals surface area contributed by atoms with Gasteiger partial charge in [-0.15, -0.1) is 0 Å². The van der Waals surface area contributed by atoms with Crippen LogP contribution in [0.15, 0.2) is 102 Å². The summed E-state index contributed by atoms with van der Waals surface area (Å²) < 4.78 is 32.5. The summed E-state index contributed by atoms with van der Waals surface area (Å²) in [6.07, 6.45) is 9.90. The lowest BCUT2D eigenvalue weighted by atomic mass is 9.89. The van der Waals surface area contributed by atoms with Crippen molar-refractivity contribution in [3.8, 4) is 0 Å². The number of benzene rings is 3. The van der Waals surface area contributed by atoms with Gasteiger partial charge in [-0.3, -0.25) is 53.1 Å². The molecule has 0 aliphatic carbocycles. The minimum atomic E-state index is -3.38. The summed E-state index contributed by atoms with van der Waals surface area (Å²) >= 11 is 0. The van der Waals surface area contributed by atoms with Crippen LogP contribution in [0.2, 0.25) is 0 Å². The molecular weight excluding hydrogens is 1220 g/mol. The number of ketones is 1. The third-order valence-corrected chi connectivity index (χ3v) is 15.8. The van der Waals surface area contributed by atoms with Crippen molar-refractivity contribution in [1.82, 2.24) is 41.0 Å². The lowest BCUT2D eigenvalue weighted by molar-refractivity contribution is -0.137. The number of nitrogens with one attached hydrogen (secondary N) is 6. The van der Waals surface area contributed by atoms with Crippen LogP contribution >= 0.6 is 0 Å². The Bertz CT molecular complexity index is 3460. The number of nitrogens with zero attached hydrogens (tertiary/aromatic N) is 5. The summed E-state index contributed by atoms with van der Waals surface area (Å²) in [7, 11) is 0. The maximum absolute atomic E-state index is 13.8. The van der Waals surface area contributed by atoms with Crippen LogP contribution in [0, 0.1) is 18.8 Å². The number of alkyl carbamates (subject to hydrolysis) is 1. The second kappa shape index (κ2) is 36.7. The van der Waals surface area contributed by atoms with E-state index in [9.17, 15) is 56.7 Å². The fourth-order valence-corrected chi connectivity index (χ4v) is 10.7. The number of fused-ring (bicyclic) bond motifs is 2. The van der Waals surface area contributed by atoms with Gasteiger partial charge in [-0.05, 0) is 104 Å². The number of pyridine rings is 1.